The second kappa shape index (κ2) is 5.54. The van der Waals surface area contributed by atoms with Crippen molar-refractivity contribution in [2.45, 2.75) is 32.2 Å². The lowest BCUT2D eigenvalue weighted by Gasteiger charge is -2.20. The lowest BCUT2D eigenvalue weighted by Crippen LogP contribution is -2.39. The van der Waals surface area contributed by atoms with Gasteiger partial charge in [0.2, 0.25) is 0 Å². The van der Waals surface area contributed by atoms with Crippen molar-refractivity contribution in [1.29, 1.82) is 0 Å². The predicted molar refractivity (Wildman–Crippen MR) is 74.5 cm³/mol. The number of hydrogen-bond acceptors (Lipinski definition) is 3. The largest absolute Gasteiger partial charge is 0.359 e. The highest BCUT2D eigenvalue weighted by atomic mass is 32.2. The maximum absolute atomic E-state index is 4.59. The van der Waals surface area contributed by atoms with E-state index in [1.165, 1.54) is 0 Å². The summed E-state index contributed by atoms with van der Waals surface area (Å²) in [7, 11) is 0. The number of hydrogen-bond donors (Lipinski definition) is 1. The van der Waals surface area contributed by atoms with Gasteiger partial charge in [0.25, 0.3) is 0 Å². The molecule has 4 heteroatoms. The standard InChI is InChI=1S/C13H19N3S/c1-3-13(2)10-17-12(16-13)15-9-7-11-6-4-5-8-14-11/h4-6,8H,3,7,9-10H2,1-2H3,(H,15,16). The van der Waals surface area contributed by atoms with Crippen molar-refractivity contribution in [2.24, 2.45) is 4.99 Å². The summed E-state index contributed by atoms with van der Waals surface area (Å²) in [6.45, 7) is 5.28. The summed E-state index contributed by atoms with van der Waals surface area (Å²) >= 11 is 1.83. The van der Waals surface area contributed by atoms with Crippen LogP contribution in [0.1, 0.15) is 26.0 Å². The molecule has 3 nitrogen and oxygen atoms in total. The van der Waals surface area contributed by atoms with Crippen molar-refractivity contribution in [2.75, 3.05) is 12.3 Å². The van der Waals surface area contributed by atoms with Crippen LogP contribution in [0.5, 0.6) is 0 Å². The number of aromatic nitrogens is 1. The van der Waals surface area contributed by atoms with Crippen molar-refractivity contribution in [1.82, 2.24) is 10.3 Å². The number of nitrogens with one attached hydrogen (secondary N) is 1. The Morgan fingerprint density at radius 1 is 1.53 bits per heavy atom. The molecule has 1 aromatic rings. The van der Waals surface area contributed by atoms with Gasteiger partial charge in [-0.25, -0.2) is 0 Å². The van der Waals surface area contributed by atoms with E-state index in [0.717, 1.165) is 36.0 Å². The highest BCUT2D eigenvalue weighted by molar-refractivity contribution is 8.14. The Balaban J connectivity index is 1.83. The molecule has 0 saturated carbocycles. The van der Waals surface area contributed by atoms with Gasteiger partial charge in [0, 0.05) is 36.1 Å². The molecular formula is C13H19N3S. The van der Waals surface area contributed by atoms with Gasteiger partial charge in [-0.15, -0.1) is 0 Å². The van der Waals surface area contributed by atoms with Crippen molar-refractivity contribution in [3.63, 3.8) is 0 Å². The number of amidine groups is 1. The zero-order valence-electron chi connectivity index (χ0n) is 10.4. The molecule has 92 valence electrons. The van der Waals surface area contributed by atoms with Crippen LogP contribution in [0.15, 0.2) is 29.4 Å². The maximum Gasteiger partial charge on any atom is 0.157 e. The SMILES string of the molecule is CCC1(C)CSC(=NCCc2ccccn2)N1. The first-order valence-corrected chi connectivity index (χ1v) is 7.06. The molecule has 2 rings (SSSR count). The van der Waals surface area contributed by atoms with Crippen LogP contribution in [-0.4, -0.2) is 28.0 Å². The third-order valence-corrected chi connectivity index (χ3v) is 4.35. The Kier molecular flexibility index (Phi) is 4.05. The summed E-state index contributed by atoms with van der Waals surface area (Å²) in [6, 6.07) is 6.01. The summed E-state index contributed by atoms with van der Waals surface area (Å²) in [4.78, 5) is 8.88. The van der Waals surface area contributed by atoms with Gasteiger partial charge in [-0.1, -0.05) is 24.8 Å². The van der Waals surface area contributed by atoms with E-state index in [1.807, 2.05) is 36.2 Å². The monoisotopic (exact) mass is 249 g/mol. The van der Waals surface area contributed by atoms with Crippen LogP contribution in [0, 0.1) is 0 Å². The van der Waals surface area contributed by atoms with Gasteiger partial charge in [0.1, 0.15) is 0 Å². The van der Waals surface area contributed by atoms with Gasteiger partial charge < -0.3 is 5.32 Å². The number of nitrogens with zero attached hydrogens (tertiary/aromatic N) is 2. The average Bonchev–Trinajstić information content (AvgIpc) is 2.74. The van der Waals surface area contributed by atoms with Crippen molar-refractivity contribution in [3.05, 3.63) is 30.1 Å². The van der Waals surface area contributed by atoms with Crippen molar-refractivity contribution in [3.8, 4) is 0 Å². The topological polar surface area (TPSA) is 37.3 Å². The third kappa shape index (κ3) is 3.46. The smallest absolute Gasteiger partial charge is 0.157 e. The van der Waals surface area contributed by atoms with E-state index in [4.69, 9.17) is 0 Å². The lowest BCUT2D eigenvalue weighted by atomic mass is 10.0. The minimum absolute atomic E-state index is 0.231. The maximum atomic E-state index is 4.59. The van der Waals surface area contributed by atoms with E-state index >= 15 is 0 Å². The molecule has 1 aliphatic rings. The summed E-state index contributed by atoms with van der Waals surface area (Å²) < 4.78 is 0. The first kappa shape index (κ1) is 12.4. The van der Waals surface area contributed by atoms with Gasteiger partial charge >= 0.3 is 0 Å². The van der Waals surface area contributed by atoms with Crippen LogP contribution in [0.2, 0.25) is 0 Å². The molecule has 1 unspecified atom stereocenters. The Bertz CT molecular complexity index is 391. The van der Waals surface area contributed by atoms with E-state index in [-0.39, 0.29) is 5.54 Å². The molecule has 1 N–H and O–H groups in total. The molecule has 0 radical (unpaired) electrons. The quantitative estimate of drug-likeness (QED) is 0.891. The summed E-state index contributed by atoms with van der Waals surface area (Å²) in [6.07, 6.45) is 3.88. The highest BCUT2D eigenvalue weighted by Gasteiger charge is 2.30. The third-order valence-electron chi connectivity index (χ3n) is 3.07. The number of thioether (sulfide) groups is 1. The van der Waals surface area contributed by atoms with Gasteiger partial charge in [0.05, 0.1) is 0 Å². The van der Waals surface area contributed by atoms with E-state index < -0.39 is 0 Å². The average molecular weight is 249 g/mol. The van der Waals surface area contributed by atoms with Crippen LogP contribution in [0.3, 0.4) is 0 Å². The first-order valence-electron chi connectivity index (χ1n) is 6.07. The zero-order chi connectivity index (χ0) is 12.1. The van der Waals surface area contributed by atoms with E-state index in [0.29, 0.717) is 0 Å². The molecule has 1 saturated heterocycles. The van der Waals surface area contributed by atoms with Crippen LogP contribution in [0.25, 0.3) is 0 Å². The molecule has 0 aromatic carbocycles. The second-order valence-electron chi connectivity index (χ2n) is 4.59. The van der Waals surface area contributed by atoms with Gasteiger partial charge in [-0.2, -0.15) is 0 Å². The molecule has 1 fully saturated rings. The fraction of sp³-hybridized carbons (Fsp3) is 0.538. The van der Waals surface area contributed by atoms with Crippen LogP contribution in [-0.2, 0) is 6.42 Å². The Labute approximate surface area is 107 Å². The first-order chi connectivity index (χ1) is 8.22. The second-order valence-corrected chi connectivity index (χ2v) is 5.55. The van der Waals surface area contributed by atoms with E-state index in [1.54, 1.807) is 0 Å². The van der Waals surface area contributed by atoms with Gasteiger partial charge in [-0.3, -0.25) is 9.98 Å². The molecule has 2 heterocycles. The van der Waals surface area contributed by atoms with Gasteiger partial charge in [0.15, 0.2) is 5.17 Å². The summed E-state index contributed by atoms with van der Waals surface area (Å²) in [5.41, 5.74) is 1.34. The fourth-order valence-electron chi connectivity index (χ4n) is 1.65. The van der Waals surface area contributed by atoms with Gasteiger partial charge in [-0.05, 0) is 25.5 Å². The van der Waals surface area contributed by atoms with Crippen molar-refractivity contribution < 1.29 is 0 Å². The van der Waals surface area contributed by atoms with E-state index in [2.05, 4.69) is 29.1 Å². The molecule has 1 aliphatic heterocycles. The molecule has 0 bridgehead atoms. The minimum Gasteiger partial charge on any atom is -0.359 e. The number of rotatable bonds is 4. The molecular weight excluding hydrogens is 230 g/mol. The summed E-state index contributed by atoms with van der Waals surface area (Å²) in [5.74, 6) is 1.12. The van der Waals surface area contributed by atoms with Crippen molar-refractivity contribution >= 4 is 16.9 Å². The Morgan fingerprint density at radius 2 is 2.41 bits per heavy atom. The summed E-state index contributed by atoms with van der Waals surface area (Å²) in [5, 5.41) is 4.58. The van der Waals surface area contributed by atoms with Crippen LogP contribution >= 0.6 is 11.8 Å². The molecule has 0 amide bonds. The normalized spacial score (nSPS) is 26.1. The fourth-order valence-corrected chi connectivity index (χ4v) is 2.88. The Morgan fingerprint density at radius 3 is 3.06 bits per heavy atom. The number of aliphatic imine (C=N–C) groups is 1. The predicted octanol–water partition coefficient (Wildman–Crippen LogP) is 2.49. The van der Waals surface area contributed by atoms with Crippen LogP contribution in [0.4, 0.5) is 0 Å². The van der Waals surface area contributed by atoms with Crippen LogP contribution < -0.4 is 5.32 Å². The molecule has 0 spiro atoms. The lowest BCUT2D eigenvalue weighted by molar-refractivity contribution is 0.466. The molecule has 1 atom stereocenters. The molecule has 17 heavy (non-hydrogen) atoms. The zero-order valence-corrected chi connectivity index (χ0v) is 11.3. The number of pyridine rings is 1. The molecule has 1 aromatic heterocycles. The molecule has 0 aliphatic carbocycles. The van der Waals surface area contributed by atoms with E-state index in [9.17, 15) is 0 Å². The minimum atomic E-state index is 0.231. The highest BCUT2D eigenvalue weighted by Crippen LogP contribution is 2.25. The Hall–Kier alpha value is -1.03.